The molecule has 5 heteroatoms. The molecule has 0 aliphatic carbocycles. The lowest BCUT2D eigenvalue weighted by Crippen LogP contribution is -2.58. The monoisotopic (exact) mass is 364 g/mol. The van der Waals surface area contributed by atoms with Crippen molar-refractivity contribution in [1.29, 1.82) is 0 Å². The van der Waals surface area contributed by atoms with Crippen LogP contribution in [-0.2, 0) is 20.8 Å². The number of benzene rings is 2. The molecular weight excluding hydrogens is 340 g/mol. The maximum atomic E-state index is 12.6. The number of aryl methyl sites for hydroxylation is 2. The zero-order valence-electron chi connectivity index (χ0n) is 15.7. The quantitative estimate of drug-likeness (QED) is 0.767. The van der Waals surface area contributed by atoms with Gasteiger partial charge in [0.05, 0.1) is 0 Å². The van der Waals surface area contributed by atoms with Crippen molar-refractivity contribution in [2.75, 3.05) is 18.0 Å². The third-order valence-electron chi connectivity index (χ3n) is 4.91. The van der Waals surface area contributed by atoms with Crippen molar-refractivity contribution < 1.29 is 14.4 Å². The molecule has 2 aromatic carbocycles. The van der Waals surface area contributed by atoms with Gasteiger partial charge in [-0.25, -0.2) is 0 Å². The molecule has 2 aromatic rings. The molecule has 2 amide bonds. The van der Waals surface area contributed by atoms with Crippen LogP contribution in [0.3, 0.4) is 0 Å². The summed E-state index contributed by atoms with van der Waals surface area (Å²) in [6.45, 7) is 4.19. The number of anilines is 1. The maximum Gasteiger partial charge on any atom is 0.290 e. The Morgan fingerprint density at radius 1 is 1.04 bits per heavy atom. The molecule has 27 heavy (non-hydrogen) atoms. The van der Waals surface area contributed by atoms with Gasteiger partial charge in [-0.15, -0.1) is 0 Å². The van der Waals surface area contributed by atoms with Gasteiger partial charge in [0.25, 0.3) is 5.91 Å². The molecule has 3 rings (SSSR count). The third kappa shape index (κ3) is 4.42. The first-order valence-corrected chi connectivity index (χ1v) is 9.20. The molecule has 140 valence electrons. The van der Waals surface area contributed by atoms with Gasteiger partial charge in [-0.1, -0.05) is 48.0 Å². The second-order valence-corrected chi connectivity index (χ2v) is 7.03. The second-order valence-electron chi connectivity index (χ2n) is 7.03. The number of carbonyl (C=O) groups excluding carboxylic acids is 3. The summed E-state index contributed by atoms with van der Waals surface area (Å²) in [6, 6.07) is 17.1. The summed E-state index contributed by atoms with van der Waals surface area (Å²) < 4.78 is 0. The Bertz CT molecular complexity index is 830. The molecule has 0 saturated carbocycles. The largest absolute Gasteiger partial charge is 0.322 e. The van der Waals surface area contributed by atoms with Crippen LogP contribution in [0.1, 0.15) is 24.5 Å². The number of hydrogen-bond donors (Lipinski definition) is 0. The highest BCUT2D eigenvalue weighted by Crippen LogP contribution is 2.21. The maximum absolute atomic E-state index is 12.6. The SMILES string of the molecule is Cc1ccc(N2C[C@H](C)N(C(=O)C(=O)CCc3ccccc3)CC2=O)cc1. The fourth-order valence-corrected chi connectivity index (χ4v) is 3.27. The van der Waals surface area contributed by atoms with Crippen molar-refractivity contribution >= 4 is 23.3 Å². The molecule has 0 aromatic heterocycles. The van der Waals surface area contributed by atoms with Crippen molar-refractivity contribution in [2.24, 2.45) is 0 Å². The summed E-state index contributed by atoms with van der Waals surface area (Å²) >= 11 is 0. The van der Waals surface area contributed by atoms with Crippen LogP contribution in [0.25, 0.3) is 0 Å². The molecule has 0 spiro atoms. The smallest absolute Gasteiger partial charge is 0.290 e. The summed E-state index contributed by atoms with van der Waals surface area (Å²) in [4.78, 5) is 40.6. The molecule has 1 atom stereocenters. The number of ketones is 1. The van der Waals surface area contributed by atoms with Crippen LogP contribution in [-0.4, -0.2) is 41.6 Å². The minimum atomic E-state index is -0.560. The van der Waals surface area contributed by atoms with Crippen LogP contribution >= 0.6 is 0 Å². The summed E-state index contributed by atoms with van der Waals surface area (Å²) in [5.74, 6) is -1.17. The predicted molar refractivity (Wildman–Crippen MR) is 104 cm³/mol. The molecule has 1 saturated heterocycles. The highest BCUT2D eigenvalue weighted by Gasteiger charge is 2.35. The first kappa shape index (κ1) is 18.8. The van der Waals surface area contributed by atoms with Crippen LogP contribution in [0.2, 0.25) is 0 Å². The van der Waals surface area contributed by atoms with E-state index in [-0.39, 0.29) is 24.9 Å². The van der Waals surface area contributed by atoms with E-state index in [9.17, 15) is 14.4 Å². The second kappa shape index (κ2) is 8.16. The van der Waals surface area contributed by atoms with Crippen LogP contribution in [0.4, 0.5) is 5.69 Å². The number of amides is 2. The first-order valence-electron chi connectivity index (χ1n) is 9.20. The van der Waals surface area contributed by atoms with Gasteiger partial charge in [-0.2, -0.15) is 0 Å². The highest BCUT2D eigenvalue weighted by atomic mass is 16.2. The Morgan fingerprint density at radius 2 is 1.70 bits per heavy atom. The van der Waals surface area contributed by atoms with E-state index < -0.39 is 11.7 Å². The average molecular weight is 364 g/mol. The van der Waals surface area contributed by atoms with Gasteiger partial charge in [-0.3, -0.25) is 14.4 Å². The van der Waals surface area contributed by atoms with E-state index in [0.717, 1.165) is 16.8 Å². The van der Waals surface area contributed by atoms with Gasteiger partial charge < -0.3 is 9.80 Å². The molecule has 1 heterocycles. The molecule has 5 nitrogen and oxygen atoms in total. The van der Waals surface area contributed by atoms with E-state index in [0.29, 0.717) is 13.0 Å². The van der Waals surface area contributed by atoms with Crippen LogP contribution < -0.4 is 4.90 Å². The Labute approximate surface area is 159 Å². The van der Waals surface area contributed by atoms with E-state index >= 15 is 0 Å². The van der Waals surface area contributed by atoms with E-state index in [2.05, 4.69) is 0 Å². The average Bonchev–Trinajstić information content (AvgIpc) is 2.68. The number of hydrogen-bond acceptors (Lipinski definition) is 3. The normalized spacial score (nSPS) is 17.1. The molecule has 1 aliphatic rings. The lowest BCUT2D eigenvalue weighted by Gasteiger charge is -2.39. The highest BCUT2D eigenvalue weighted by molar-refractivity contribution is 6.36. The van der Waals surface area contributed by atoms with Crippen molar-refractivity contribution in [3.63, 3.8) is 0 Å². The Morgan fingerprint density at radius 3 is 2.37 bits per heavy atom. The Hall–Kier alpha value is -2.95. The van der Waals surface area contributed by atoms with Gasteiger partial charge in [0, 0.05) is 24.7 Å². The molecule has 1 fully saturated rings. The number of Topliss-reactive ketones (excluding diaryl/α,β-unsaturated/α-hetero) is 1. The standard InChI is InChI=1S/C22H24N2O3/c1-16-8-11-19(12-9-16)24-14-17(2)23(15-21(24)26)22(27)20(25)13-10-18-6-4-3-5-7-18/h3-9,11-12,17H,10,13-15H2,1-2H3/t17-/m0/s1. The minimum Gasteiger partial charge on any atom is -0.322 e. The topological polar surface area (TPSA) is 57.7 Å². The zero-order chi connectivity index (χ0) is 19.4. The van der Waals surface area contributed by atoms with Crippen molar-refractivity contribution in [1.82, 2.24) is 4.90 Å². The molecular formula is C22H24N2O3. The van der Waals surface area contributed by atoms with Gasteiger partial charge >= 0.3 is 0 Å². The molecule has 0 N–H and O–H groups in total. The predicted octanol–water partition coefficient (Wildman–Crippen LogP) is 2.76. The minimum absolute atomic E-state index is 0.0645. The summed E-state index contributed by atoms with van der Waals surface area (Å²) in [6.07, 6.45) is 0.680. The first-order chi connectivity index (χ1) is 13.0. The zero-order valence-corrected chi connectivity index (χ0v) is 15.7. The third-order valence-corrected chi connectivity index (χ3v) is 4.91. The van der Waals surface area contributed by atoms with Gasteiger partial charge in [-0.05, 0) is 38.0 Å². The van der Waals surface area contributed by atoms with Gasteiger partial charge in [0.1, 0.15) is 6.54 Å². The fraction of sp³-hybridized carbons (Fsp3) is 0.318. The van der Waals surface area contributed by atoms with Gasteiger partial charge in [0.15, 0.2) is 0 Å². The lowest BCUT2D eigenvalue weighted by atomic mass is 10.1. The number of piperazine rings is 1. The van der Waals surface area contributed by atoms with E-state index in [4.69, 9.17) is 0 Å². The molecule has 0 bridgehead atoms. The fourth-order valence-electron chi connectivity index (χ4n) is 3.27. The van der Waals surface area contributed by atoms with E-state index in [1.165, 1.54) is 4.90 Å². The van der Waals surface area contributed by atoms with Crippen molar-refractivity contribution in [3.05, 3.63) is 65.7 Å². The Kier molecular flexibility index (Phi) is 5.69. The molecule has 0 unspecified atom stereocenters. The van der Waals surface area contributed by atoms with Crippen LogP contribution in [0.5, 0.6) is 0 Å². The van der Waals surface area contributed by atoms with Crippen molar-refractivity contribution in [3.8, 4) is 0 Å². The van der Waals surface area contributed by atoms with E-state index in [1.807, 2.05) is 68.4 Å². The summed E-state index contributed by atoms with van der Waals surface area (Å²) in [5, 5.41) is 0. The lowest BCUT2D eigenvalue weighted by molar-refractivity contribution is -0.148. The van der Waals surface area contributed by atoms with Crippen LogP contribution in [0, 0.1) is 6.92 Å². The number of rotatable bonds is 5. The van der Waals surface area contributed by atoms with E-state index in [1.54, 1.807) is 4.90 Å². The summed E-state index contributed by atoms with van der Waals surface area (Å²) in [7, 11) is 0. The molecule has 0 radical (unpaired) electrons. The molecule has 1 aliphatic heterocycles. The number of nitrogens with zero attached hydrogens (tertiary/aromatic N) is 2. The Balaban J connectivity index is 1.62. The van der Waals surface area contributed by atoms with Gasteiger partial charge in [0.2, 0.25) is 11.7 Å². The van der Waals surface area contributed by atoms with Crippen molar-refractivity contribution in [2.45, 2.75) is 32.7 Å². The number of carbonyl (C=O) groups is 3. The van der Waals surface area contributed by atoms with Crippen LogP contribution in [0.15, 0.2) is 54.6 Å². The summed E-state index contributed by atoms with van der Waals surface area (Å²) in [5.41, 5.74) is 2.96.